The average molecular weight is 541 g/mol. The molecule has 9 nitrogen and oxygen atoms in total. The molecule has 0 bridgehead atoms. The molecule has 182 valence electrons. The maximum absolute atomic E-state index is 14.8. The maximum Gasteiger partial charge on any atom is 0.337 e. The minimum atomic E-state index is -4.33. The molecule has 4 rings (SSSR count). The highest BCUT2D eigenvalue weighted by Crippen LogP contribution is 2.42. The molecule has 0 aliphatic carbocycles. The minimum absolute atomic E-state index is 0.0129. The molecule has 2 N–H and O–H groups in total. The van der Waals surface area contributed by atoms with Gasteiger partial charge in [-0.25, -0.2) is 21.9 Å². The van der Waals surface area contributed by atoms with Crippen molar-refractivity contribution in [3.05, 3.63) is 75.5 Å². The summed E-state index contributed by atoms with van der Waals surface area (Å²) in [6, 6.07) is 9.78. The van der Waals surface area contributed by atoms with Crippen molar-refractivity contribution < 1.29 is 37.0 Å². The Hall–Kier alpha value is -3.54. The molecule has 13 heteroatoms. The van der Waals surface area contributed by atoms with Gasteiger partial charge in [0.25, 0.3) is 15.9 Å². The molecule has 0 radical (unpaired) electrons. The number of benzene rings is 3. The molecule has 35 heavy (non-hydrogen) atoms. The summed E-state index contributed by atoms with van der Waals surface area (Å²) in [6.07, 6.45) is 0. The van der Waals surface area contributed by atoms with Crippen LogP contribution in [0.2, 0.25) is 10.0 Å². The Kier molecular flexibility index (Phi) is 6.50. The Balaban J connectivity index is 1.69. The predicted octanol–water partition coefficient (Wildman–Crippen LogP) is 4.64. The van der Waals surface area contributed by atoms with Crippen LogP contribution in [0.4, 0.5) is 15.8 Å². The molecule has 0 aromatic heterocycles. The zero-order valence-electron chi connectivity index (χ0n) is 17.7. The molecular formula is C22H15Cl2FN2O7S. The highest BCUT2D eigenvalue weighted by molar-refractivity contribution is 7.93. The number of carboxylic acids is 1. The maximum atomic E-state index is 14.8. The molecule has 0 spiro atoms. The zero-order chi connectivity index (χ0) is 25.5. The fourth-order valence-electron chi connectivity index (χ4n) is 3.37. The van der Waals surface area contributed by atoms with Gasteiger partial charge >= 0.3 is 5.97 Å². The van der Waals surface area contributed by atoms with E-state index in [1.165, 1.54) is 43.5 Å². The second kappa shape index (κ2) is 9.25. The number of anilines is 2. The van der Waals surface area contributed by atoms with Crippen molar-refractivity contribution in [2.45, 2.75) is 4.90 Å². The SMILES string of the molecule is COc1ccc(Cl)cc1S(=O)(=O)N1COc2c(F)cc(C(=O)Nc3ccc(C(=O)O)c(Cl)c3)cc21. The van der Waals surface area contributed by atoms with Gasteiger partial charge in [0.05, 0.1) is 17.7 Å². The lowest BCUT2D eigenvalue weighted by molar-refractivity contribution is 0.0697. The van der Waals surface area contributed by atoms with Crippen molar-refractivity contribution in [3.8, 4) is 11.5 Å². The zero-order valence-corrected chi connectivity index (χ0v) is 20.0. The van der Waals surface area contributed by atoms with Crippen molar-refractivity contribution in [1.29, 1.82) is 0 Å². The number of amides is 1. The first-order chi connectivity index (χ1) is 16.5. The van der Waals surface area contributed by atoms with Crippen molar-refractivity contribution in [2.75, 3.05) is 23.5 Å². The van der Waals surface area contributed by atoms with E-state index in [1.807, 2.05) is 0 Å². The number of carboxylic acid groups (broad SMARTS) is 1. The number of rotatable bonds is 6. The number of halogens is 3. The van der Waals surface area contributed by atoms with Crippen LogP contribution in [0.1, 0.15) is 20.7 Å². The fraction of sp³-hybridized carbons (Fsp3) is 0.0909. The van der Waals surface area contributed by atoms with Crippen LogP contribution in [-0.2, 0) is 10.0 Å². The lowest BCUT2D eigenvalue weighted by Crippen LogP contribution is -2.30. The lowest BCUT2D eigenvalue weighted by atomic mass is 10.1. The van der Waals surface area contributed by atoms with E-state index in [2.05, 4.69) is 5.32 Å². The normalized spacial score (nSPS) is 12.6. The molecule has 1 heterocycles. The number of carbonyl (C=O) groups excluding carboxylic acids is 1. The van der Waals surface area contributed by atoms with Crippen molar-refractivity contribution in [3.63, 3.8) is 0 Å². The summed E-state index contributed by atoms with van der Waals surface area (Å²) in [6.45, 7) is -0.540. The van der Waals surface area contributed by atoms with Crippen LogP contribution < -0.4 is 19.1 Å². The molecule has 0 unspecified atom stereocenters. The number of methoxy groups -OCH3 is 1. The van der Waals surface area contributed by atoms with Crippen molar-refractivity contribution in [1.82, 2.24) is 0 Å². The van der Waals surface area contributed by atoms with Crippen LogP contribution >= 0.6 is 23.2 Å². The molecule has 0 saturated carbocycles. The van der Waals surface area contributed by atoms with Gasteiger partial charge in [-0.1, -0.05) is 23.2 Å². The first-order valence-corrected chi connectivity index (χ1v) is 11.9. The van der Waals surface area contributed by atoms with E-state index in [4.69, 9.17) is 37.8 Å². The van der Waals surface area contributed by atoms with Gasteiger partial charge in [0.2, 0.25) is 0 Å². The Morgan fingerprint density at radius 1 is 1.14 bits per heavy atom. The molecule has 1 amide bonds. The highest BCUT2D eigenvalue weighted by atomic mass is 35.5. The standard InChI is InChI=1S/C22H15Cl2FN2O7S/c1-33-18-5-2-12(23)8-19(18)35(31,32)27-10-34-20-16(25)6-11(7-17(20)27)21(28)26-13-3-4-14(22(29)30)15(24)9-13/h2-9H,10H2,1H3,(H,26,28)(H,29,30). The van der Waals surface area contributed by atoms with Crippen molar-refractivity contribution in [2.24, 2.45) is 0 Å². The largest absolute Gasteiger partial charge is 0.495 e. The van der Waals surface area contributed by atoms with E-state index < -0.39 is 34.4 Å². The summed E-state index contributed by atoms with van der Waals surface area (Å²) in [5.74, 6) is -3.33. The number of aromatic carboxylic acids is 1. The fourth-order valence-corrected chi connectivity index (χ4v) is 5.37. The molecule has 3 aromatic rings. The third-order valence-electron chi connectivity index (χ3n) is 5.03. The number of ether oxygens (including phenoxy) is 2. The molecule has 0 saturated heterocycles. The van der Waals surface area contributed by atoms with E-state index in [9.17, 15) is 22.4 Å². The van der Waals surface area contributed by atoms with Crippen LogP contribution in [0.5, 0.6) is 11.5 Å². The summed E-state index contributed by atoms with van der Waals surface area (Å²) < 4.78 is 52.7. The highest BCUT2D eigenvalue weighted by Gasteiger charge is 2.37. The Bertz CT molecular complexity index is 1480. The quantitative estimate of drug-likeness (QED) is 0.467. The van der Waals surface area contributed by atoms with Gasteiger partial charge in [-0.15, -0.1) is 0 Å². The van der Waals surface area contributed by atoms with Crippen LogP contribution in [0.3, 0.4) is 0 Å². The number of hydrogen-bond acceptors (Lipinski definition) is 6. The van der Waals surface area contributed by atoms with E-state index >= 15 is 0 Å². The monoisotopic (exact) mass is 540 g/mol. The second-order valence-electron chi connectivity index (χ2n) is 7.18. The van der Waals surface area contributed by atoms with Crippen molar-refractivity contribution >= 4 is 56.5 Å². The third-order valence-corrected chi connectivity index (χ3v) is 7.34. The summed E-state index contributed by atoms with van der Waals surface area (Å²) in [4.78, 5) is 23.6. The van der Waals surface area contributed by atoms with Gasteiger partial charge in [0.1, 0.15) is 16.3 Å². The number of carbonyl (C=O) groups is 2. The van der Waals surface area contributed by atoms with Gasteiger partial charge < -0.3 is 19.9 Å². The first-order valence-electron chi connectivity index (χ1n) is 9.69. The smallest absolute Gasteiger partial charge is 0.337 e. The number of fused-ring (bicyclic) bond motifs is 1. The Morgan fingerprint density at radius 2 is 1.89 bits per heavy atom. The van der Waals surface area contributed by atoms with Gasteiger partial charge in [-0.3, -0.25) is 4.79 Å². The van der Waals surface area contributed by atoms with Gasteiger partial charge in [0, 0.05) is 16.3 Å². The van der Waals surface area contributed by atoms with Gasteiger partial charge in [-0.05, 0) is 48.5 Å². The molecule has 3 aromatic carbocycles. The van der Waals surface area contributed by atoms with Gasteiger partial charge in [0.15, 0.2) is 18.3 Å². The summed E-state index contributed by atoms with van der Waals surface area (Å²) in [5, 5.41) is 11.6. The number of hydrogen-bond donors (Lipinski definition) is 2. The van der Waals surface area contributed by atoms with E-state index in [0.717, 1.165) is 16.4 Å². The predicted molar refractivity (Wildman–Crippen MR) is 126 cm³/mol. The van der Waals surface area contributed by atoms with Crippen LogP contribution in [0.25, 0.3) is 0 Å². The van der Waals surface area contributed by atoms with Crippen LogP contribution in [0, 0.1) is 5.82 Å². The first kappa shape index (κ1) is 24.6. The lowest BCUT2D eigenvalue weighted by Gasteiger charge is -2.19. The molecule has 1 aliphatic heterocycles. The molecule has 1 aliphatic rings. The summed E-state index contributed by atoms with van der Waals surface area (Å²) >= 11 is 11.9. The van der Waals surface area contributed by atoms with E-state index in [-0.39, 0.29) is 48.9 Å². The molecular weight excluding hydrogens is 526 g/mol. The van der Waals surface area contributed by atoms with Crippen LogP contribution in [0.15, 0.2) is 53.4 Å². The second-order valence-corrected chi connectivity index (χ2v) is 9.86. The minimum Gasteiger partial charge on any atom is -0.495 e. The van der Waals surface area contributed by atoms with Crippen LogP contribution in [-0.4, -0.2) is 39.2 Å². The topological polar surface area (TPSA) is 122 Å². The summed E-state index contributed by atoms with van der Waals surface area (Å²) in [7, 11) is -3.04. The Morgan fingerprint density at radius 3 is 2.54 bits per heavy atom. The Labute approximate surface area is 208 Å². The number of nitrogens with one attached hydrogen (secondary N) is 1. The molecule has 0 fully saturated rings. The number of nitrogens with zero attached hydrogens (tertiary/aromatic N) is 1. The third kappa shape index (κ3) is 4.57. The average Bonchev–Trinajstić information content (AvgIpc) is 3.24. The number of sulfonamides is 1. The van der Waals surface area contributed by atoms with E-state index in [1.54, 1.807) is 0 Å². The van der Waals surface area contributed by atoms with Gasteiger partial charge in [-0.2, -0.15) is 0 Å². The molecule has 0 atom stereocenters. The van der Waals surface area contributed by atoms with E-state index in [0.29, 0.717) is 0 Å². The summed E-state index contributed by atoms with van der Waals surface area (Å²) in [5.41, 5.74) is -0.433.